The van der Waals surface area contributed by atoms with Gasteiger partial charge in [-0.25, -0.2) is 0 Å². The molecule has 0 bridgehead atoms. The summed E-state index contributed by atoms with van der Waals surface area (Å²) in [4.78, 5) is 0. The number of halogens is 3. The van der Waals surface area contributed by atoms with Gasteiger partial charge in [-0.1, -0.05) is 56.0 Å². The minimum absolute atomic E-state index is 0.0464. The van der Waals surface area contributed by atoms with Crippen molar-refractivity contribution in [1.29, 1.82) is 0 Å². The van der Waals surface area contributed by atoms with Crippen molar-refractivity contribution < 1.29 is 13.2 Å². The summed E-state index contributed by atoms with van der Waals surface area (Å²) in [5, 5.41) is 0. The summed E-state index contributed by atoms with van der Waals surface area (Å²) in [5.41, 5.74) is 0.358. The monoisotopic (exact) mass is 302 g/mol. The van der Waals surface area contributed by atoms with E-state index in [-0.39, 0.29) is 6.42 Å². The molecule has 0 saturated heterocycles. The Bertz CT molecular complexity index is 488. The van der Waals surface area contributed by atoms with Gasteiger partial charge in [0.05, 0.1) is 8.07 Å². The van der Waals surface area contributed by atoms with E-state index in [1.165, 1.54) is 0 Å². The third-order valence-electron chi connectivity index (χ3n) is 3.30. The van der Waals surface area contributed by atoms with Gasteiger partial charge >= 0.3 is 6.18 Å². The molecule has 5 heteroatoms. The molecule has 0 amide bonds. The van der Waals surface area contributed by atoms with Crippen LogP contribution in [0, 0.1) is 0 Å². The zero-order chi connectivity index (χ0) is 14.3. The lowest BCUT2D eigenvalue weighted by molar-refractivity contribution is -0.160. The molecule has 2 rings (SSSR count). The molecule has 0 aliphatic carbocycles. The van der Waals surface area contributed by atoms with E-state index in [9.17, 15) is 13.2 Å². The maximum absolute atomic E-state index is 13.6. The van der Waals surface area contributed by atoms with Crippen LogP contribution in [0.3, 0.4) is 0 Å². The summed E-state index contributed by atoms with van der Waals surface area (Å²) >= 11 is 1.02. The van der Waals surface area contributed by atoms with E-state index >= 15 is 0 Å². The number of allylic oxidation sites excluding steroid dienone is 1. The molecule has 0 fully saturated rings. The largest absolute Gasteiger partial charge is 0.407 e. The zero-order valence-corrected chi connectivity index (χ0v) is 13.0. The smallest absolute Gasteiger partial charge is 0.169 e. The molecule has 1 unspecified atom stereocenters. The van der Waals surface area contributed by atoms with Gasteiger partial charge in [0, 0.05) is 0 Å². The van der Waals surface area contributed by atoms with Gasteiger partial charge in [-0.3, -0.25) is 0 Å². The molecule has 0 saturated carbocycles. The summed E-state index contributed by atoms with van der Waals surface area (Å²) in [7, 11) is -1.70. The van der Waals surface area contributed by atoms with Crippen molar-refractivity contribution in [3.8, 4) is 0 Å². The molecule has 0 spiro atoms. The van der Waals surface area contributed by atoms with Crippen molar-refractivity contribution in [2.24, 2.45) is 0 Å². The van der Waals surface area contributed by atoms with Crippen molar-refractivity contribution in [2.75, 3.05) is 0 Å². The number of thioether (sulfide) groups is 1. The molecule has 1 aromatic carbocycles. The standard InChI is InChI=1S/C14H17F3SSi/c1-19(2,3)12-9-10-13(18-12,14(15,16)17)11-7-5-4-6-8-11/h4-9H,10H2,1-3H3. The van der Waals surface area contributed by atoms with E-state index in [2.05, 4.69) is 19.6 Å². The van der Waals surface area contributed by atoms with Crippen LogP contribution >= 0.6 is 11.8 Å². The van der Waals surface area contributed by atoms with Gasteiger partial charge in [0.15, 0.2) is 0 Å². The predicted molar refractivity (Wildman–Crippen MR) is 77.8 cm³/mol. The van der Waals surface area contributed by atoms with Crippen LogP contribution in [0.15, 0.2) is 40.9 Å². The molecule has 0 nitrogen and oxygen atoms in total. The lowest BCUT2D eigenvalue weighted by atomic mass is 9.94. The van der Waals surface area contributed by atoms with Gasteiger partial charge < -0.3 is 0 Å². The summed E-state index contributed by atoms with van der Waals surface area (Å²) < 4.78 is 40.0. The van der Waals surface area contributed by atoms with Crippen LogP contribution in [-0.2, 0) is 4.75 Å². The van der Waals surface area contributed by atoms with Crippen molar-refractivity contribution in [2.45, 2.75) is 37.0 Å². The Balaban J connectivity index is 2.43. The maximum atomic E-state index is 13.6. The summed E-state index contributed by atoms with van der Waals surface area (Å²) in [6.07, 6.45) is -2.39. The third-order valence-corrected chi connectivity index (χ3v) is 8.49. The molecule has 1 aliphatic rings. The van der Waals surface area contributed by atoms with Crippen molar-refractivity contribution in [3.05, 3.63) is 46.5 Å². The summed E-state index contributed by atoms with van der Waals surface area (Å²) in [5.74, 6) is 0. The predicted octanol–water partition coefficient (Wildman–Crippen LogP) is 5.34. The molecule has 0 N–H and O–H groups in total. The second-order valence-electron chi connectivity index (χ2n) is 5.82. The van der Waals surface area contributed by atoms with E-state index in [1.54, 1.807) is 36.4 Å². The summed E-state index contributed by atoms with van der Waals surface area (Å²) in [6.45, 7) is 6.26. The first-order chi connectivity index (χ1) is 8.67. The lowest BCUT2D eigenvalue weighted by Crippen LogP contribution is -2.38. The molecule has 19 heavy (non-hydrogen) atoms. The molecular formula is C14H17F3SSi. The number of hydrogen-bond donors (Lipinski definition) is 0. The molecule has 0 aromatic heterocycles. The van der Waals surface area contributed by atoms with Gasteiger partial charge in [0.2, 0.25) is 0 Å². The Morgan fingerprint density at radius 2 is 1.68 bits per heavy atom. The molecule has 1 aromatic rings. The fourth-order valence-corrected chi connectivity index (χ4v) is 5.73. The lowest BCUT2D eigenvalue weighted by Gasteiger charge is -2.33. The van der Waals surface area contributed by atoms with Crippen molar-refractivity contribution in [3.63, 3.8) is 0 Å². The average molecular weight is 302 g/mol. The Labute approximate surface area is 117 Å². The number of rotatable bonds is 2. The molecule has 0 radical (unpaired) electrons. The van der Waals surface area contributed by atoms with E-state index in [0.717, 1.165) is 16.3 Å². The van der Waals surface area contributed by atoms with Crippen LogP contribution in [0.1, 0.15) is 12.0 Å². The first-order valence-electron chi connectivity index (χ1n) is 6.19. The second-order valence-corrected chi connectivity index (χ2v) is 12.6. The highest BCUT2D eigenvalue weighted by Crippen LogP contribution is 2.59. The van der Waals surface area contributed by atoms with E-state index in [4.69, 9.17) is 0 Å². The van der Waals surface area contributed by atoms with Crippen LogP contribution in [0.25, 0.3) is 0 Å². The topological polar surface area (TPSA) is 0 Å². The summed E-state index contributed by atoms with van der Waals surface area (Å²) in [6, 6.07) is 8.27. The Hall–Kier alpha value is -0.683. The molecule has 1 heterocycles. The van der Waals surface area contributed by atoms with E-state index in [0.29, 0.717) is 5.56 Å². The van der Waals surface area contributed by atoms with Crippen LogP contribution in [0.5, 0.6) is 0 Å². The Kier molecular flexibility index (Phi) is 3.64. The van der Waals surface area contributed by atoms with Crippen LogP contribution in [0.2, 0.25) is 19.6 Å². The van der Waals surface area contributed by atoms with Gasteiger partial charge in [0.1, 0.15) is 4.75 Å². The number of benzene rings is 1. The van der Waals surface area contributed by atoms with Gasteiger partial charge in [-0.05, 0) is 16.5 Å². The van der Waals surface area contributed by atoms with Crippen LogP contribution < -0.4 is 0 Å². The average Bonchev–Trinajstić information content (AvgIpc) is 2.75. The number of alkyl halides is 3. The highest BCUT2D eigenvalue weighted by Gasteiger charge is 2.59. The zero-order valence-electron chi connectivity index (χ0n) is 11.2. The second kappa shape index (κ2) is 4.70. The Morgan fingerprint density at radius 3 is 2.11 bits per heavy atom. The van der Waals surface area contributed by atoms with Crippen molar-refractivity contribution in [1.82, 2.24) is 0 Å². The normalized spacial score (nSPS) is 24.4. The first-order valence-corrected chi connectivity index (χ1v) is 10.5. The molecule has 1 aliphatic heterocycles. The number of hydrogen-bond acceptors (Lipinski definition) is 1. The molecule has 1 atom stereocenters. The van der Waals surface area contributed by atoms with Gasteiger partial charge in [0.25, 0.3) is 0 Å². The van der Waals surface area contributed by atoms with E-state index < -0.39 is 19.0 Å². The van der Waals surface area contributed by atoms with Crippen LogP contribution in [-0.4, -0.2) is 14.3 Å². The highest BCUT2D eigenvalue weighted by molar-refractivity contribution is 8.06. The fraction of sp³-hybridized carbons (Fsp3) is 0.429. The fourth-order valence-electron chi connectivity index (χ4n) is 2.19. The van der Waals surface area contributed by atoms with E-state index in [1.807, 2.05) is 0 Å². The van der Waals surface area contributed by atoms with Gasteiger partial charge in [-0.2, -0.15) is 13.2 Å². The highest BCUT2D eigenvalue weighted by atomic mass is 32.2. The first kappa shape index (κ1) is 14.7. The Morgan fingerprint density at radius 1 is 1.11 bits per heavy atom. The third kappa shape index (κ3) is 2.63. The minimum Gasteiger partial charge on any atom is -0.169 e. The quantitative estimate of drug-likeness (QED) is 0.664. The minimum atomic E-state index is -4.24. The molecule has 104 valence electrons. The van der Waals surface area contributed by atoms with Crippen molar-refractivity contribution >= 4 is 19.8 Å². The van der Waals surface area contributed by atoms with Gasteiger partial charge in [-0.15, -0.1) is 11.8 Å². The van der Waals surface area contributed by atoms with Crippen LogP contribution in [0.4, 0.5) is 13.2 Å². The molecular weight excluding hydrogens is 285 g/mol. The SMILES string of the molecule is C[Si](C)(C)C1=CCC(c2ccccc2)(C(F)(F)F)S1. The maximum Gasteiger partial charge on any atom is 0.407 e.